The van der Waals surface area contributed by atoms with Gasteiger partial charge in [-0.3, -0.25) is 4.79 Å². The summed E-state index contributed by atoms with van der Waals surface area (Å²) >= 11 is 0. The molecule has 1 amide bonds. The molecule has 3 aromatic rings. The Morgan fingerprint density at radius 2 is 2.03 bits per heavy atom. The predicted molar refractivity (Wildman–Crippen MR) is 121 cm³/mol. The highest BCUT2D eigenvalue weighted by Crippen LogP contribution is 2.31. The fraction of sp³-hybridized carbons (Fsp3) is 0.478. The number of hydrogen-bond acceptors (Lipinski definition) is 6. The molecular formula is C23H30N6O2. The van der Waals surface area contributed by atoms with E-state index in [0.29, 0.717) is 19.4 Å². The number of rotatable bonds is 8. The topological polar surface area (TPSA) is 85.2 Å². The van der Waals surface area contributed by atoms with Gasteiger partial charge in [-0.1, -0.05) is 12.1 Å². The number of ether oxygens (including phenoxy) is 1. The Morgan fingerprint density at radius 3 is 2.77 bits per heavy atom. The minimum absolute atomic E-state index is 0.0240. The van der Waals surface area contributed by atoms with Gasteiger partial charge in [0.05, 0.1) is 12.9 Å². The molecule has 8 nitrogen and oxygen atoms in total. The summed E-state index contributed by atoms with van der Waals surface area (Å²) in [4.78, 5) is 28.1. The first kappa shape index (κ1) is 21.1. The largest absolute Gasteiger partial charge is 0.494 e. The molecule has 0 radical (unpaired) electrons. The molecule has 0 saturated carbocycles. The fourth-order valence-electron chi connectivity index (χ4n) is 3.82. The average molecular weight is 423 g/mol. The molecule has 1 N–H and O–H groups in total. The second-order valence-corrected chi connectivity index (χ2v) is 8.14. The van der Waals surface area contributed by atoms with Crippen LogP contribution in [0.2, 0.25) is 0 Å². The number of hydrogen-bond donors (Lipinski definition) is 1. The van der Waals surface area contributed by atoms with Crippen molar-refractivity contribution in [1.29, 1.82) is 0 Å². The van der Waals surface area contributed by atoms with E-state index in [9.17, 15) is 4.79 Å². The monoisotopic (exact) mass is 422 g/mol. The van der Waals surface area contributed by atoms with E-state index in [1.54, 1.807) is 7.05 Å². The highest BCUT2D eigenvalue weighted by Gasteiger charge is 2.21. The van der Waals surface area contributed by atoms with E-state index in [1.165, 1.54) is 12.8 Å². The second kappa shape index (κ2) is 9.32. The number of nitrogens with one attached hydrogen (secondary N) is 1. The summed E-state index contributed by atoms with van der Waals surface area (Å²) in [6, 6.07) is 8.17. The van der Waals surface area contributed by atoms with Crippen molar-refractivity contribution in [3.8, 4) is 17.0 Å². The van der Waals surface area contributed by atoms with Crippen molar-refractivity contribution in [2.45, 2.75) is 45.6 Å². The fourth-order valence-corrected chi connectivity index (χ4v) is 3.82. The van der Waals surface area contributed by atoms with Gasteiger partial charge in [-0.05, 0) is 45.2 Å². The number of nitrogens with zero attached hydrogens (tertiary/aromatic N) is 5. The van der Waals surface area contributed by atoms with Crippen molar-refractivity contribution < 1.29 is 9.53 Å². The predicted octanol–water partition coefficient (Wildman–Crippen LogP) is 3.58. The Labute approximate surface area is 182 Å². The molecular weight excluding hydrogens is 392 g/mol. The van der Waals surface area contributed by atoms with Crippen LogP contribution in [-0.2, 0) is 4.79 Å². The van der Waals surface area contributed by atoms with E-state index in [1.807, 2.05) is 30.6 Å². The van der Waals surface area contributed by atoms with E-state index < -0.39 is 0 Å². The molecule has 0 spiro atoms. The molecule has 0 bridgehead atoms. The van der Waals surface area contributed by atoms with Crippen molar-refractivity contribution in [2.24, 2.45) is 0 Å². The minimum atomic E-state index is 0.0240. The normalized spacial score (nSPS) is 13.9. The van der Waals surface area contributed by atoms with E-state index in [0.717, 1.165) is 47.2 Å². The lowest BCUT2D eigenvalue weighted by atomic mass is 10.1. The average Bonchev–Trinajstić information content (AvgIpc) is 3.46. The van der Waals surface area contributed by atoms with Gasteiger partial charge in [-0.2, -0.15) is 4.98 Å². The number of imidazole rings is 1. The van der Waals surface area contributed by atoms with Crippen LogP contribution in [0.4, 0.5) is 5.95 Å². The quantitative estimate of drug-likeness (QED) is 0.559. The molecule has 2 aromatic heterocycles. The second-order valence-electron chi connectivity index (χ2n) is 8.14. The number of anilines is 1. The first-order valence-electron chi connectivity index (χ1n) is 11.0. The highest BCUT2D eigenvalue weighted by molar-refractivity contribution is 5.88. The van der Waals surface area contributed by atoms with Crippen LogP contribution in [0.1, 0.15) is 45.6 Å². The third-order valence-electron chi connectivity index (χ3n) is 5.56. The number of aromatic nitrogens is 4. The molecule has 3 heterocycles. The van der Waals surface area contributed by atoms with Crippen molar-refractivity contribution in [3.05, 3.63) is 30.6 Å². The third-order valence-corrected chi connectivity index (χ3v) is 5.56. The maximum absolute atomic E-state index is 11.4. The zero-order chi connectivity index (χ0) is 21.8. The molecule has 1 aliphatic rings. The molecule has 8 heteroatoms. The molecule has 164 valence electrons. The molecule has 0 aliphatic carbocycles. The Hall–Kier alpha value is -3.16. The van der Waals surface area contributed by atoms with E-state index >= 15 is 0 Å². The lowest BCUT2D eigenvalue weighted by molar-refractivity contribution is -0.120. The van der Waals surface area contributed by atoms with Gasteiger partial charge in [0.2, 0.25) is 11.9 Å². The van der Waals surface area contributed by atoms with Gasteiger partial charge in [0.1, 0.15) is 17.0 Å². The first-order chi connectivity index (χ1) is 15.1. The summed E-state index contributed by atoms with van der Waals surface area (Å²) in [5.41, 5.74) is 3.43. The van der Waals surface area contributed by atoms with Gasteiger partial charge >= 0.3 is 0 Å². The maximum atomic E-state index is 11.4. The summed E-state index contributed by atoms with van der Waals surface area (Å²) in [5, 5.41) is 2.63. The molecule has 1 saturated heterocycles. The maximum Gasteiger partial charge on any atom is 0.228 e. The van der Waals surface area contributed by atoms with Crippen LogP contribution in [0.5, 0.6) is 5.75 Å². The molecule has 31 heavy (non-hydrogen) atoms. The van der Waals surface area contributed by atoms with Crippen LogP contribution < -0.4 is 15.0 Å². The summed E-state index contributed by atoms with van der Waals surface area (Å²) in [6.45, 7) is 6.71. The van der Waals surface area contributed by atoms with Crippen molar-refractivity contribution >= 4 is 23.0 Å². The van der Waals surface area contributed by atoms with E-state index in [4.69, 9.17) is 14.7 Å². The SMILES string of the molecule is CNC(=O)CCCOc1cccc(-c2nc(N3CCCC3)nc3c2ncn3C(C)C)c1. The molecule has 1 aliphatic heterocycles. The van der Waals surface area contributed by atoms with Crippen LogP contribution >= 0.6 is 0 Å². The van der Waals surface area contributed by atoms with Crippen LogP contribution in [0.15, 0.2) is 30.6 Å². The highest BCUT2D eigenvalue weighted by atomic mass is 16.5. The summed E-state index contributed by atoms with van der Waals surface area (Å²) in [7, 11) is 1.64. The number of fused-ring (bicyclic) bond motifs is 1. The lowest BCUT2D eigenvalue weighted by Crippen LogP contribution is -2.21. The van der Waals surface area contributed by atoms with E-state index in [-0.39, 0.29) is 11.9 Å². The number of benzene rings is 1. The zero-order valence-electron chi connectivity index (χ0n) is 18.5. The van der Waals surface area contributed by atoms with Gasteiger partial charge < -0.3 is 19.5 Å². The summed E-state index contributed by atoms with van der Waals surface area (Å²) in [6.07, 6.45) is 5.30. The van der Waals surface area contributed by atoms with Gasteiger partial charge in [0, 0.05) is 38.2 Å². The van der Waals surface area contributed by atoms with Crippen LogP contribution in [0.3, 0.4) is 0 Å². The zero-order valence-corrected chi connectivity index (χ0v) is 18.5. The van der Waals surface area contributed by atoms with Gasteiger partial charge in [-0.25, -0.2) is 9.97 Å². The van der Waals surface area contributed by atoms with Crippen LogP contribution in [-0.4, -0.2) is 52.2 Å². The Balaban J connectivity index is 1.66. The molecule has 4 rings (SSSR count). The Morgan fingerprint density at radius 1 is 1.23 bits per heavy atom. The van der Waals surface area contributed by atoms with Crippen molar-refractivity contribution in [1.82, 2.24) is 24.8 Å². The molecule has 1 aromatic carbocycles. The Bertz CT molecular complexity index is 1060. The van der Waals surface area contributed by atoms with Gasteiger partial charge in [0.15, 0.2) is 5.65 Å². The van der Waals surface area contributed by atoms with Gasteiger partial charge in [0.25, 0.3) is 0 Å². The van der Waals surface area contributed by atoms with Crippen LogP contribution in [0.25, 0.3) is 22.4 Å². The first-order valence-corrected chi connectivity index (χ1v) is 11.0. The lowest BCUT2D eigenvalue weighted by Gasteiger charge is -2.17. The van der Waals surface area contributed by atoms with E-state index in [2.05, 4.69) is 33.6 Å². The molecule has 0 atom stereocenters. The minimum Gasteiger partial charge on any atom is -0.494 e. The summed E-state index contributed by atoms with van der Waals surface area (Å²) < 4.78 is 7.99. The number of carbonyl (C=O) groups excluding carboxylic acids is 1. The molecule has 0 unspecified atom stereocenters. The van der Waals surface area contributed by atoms with Crippen LogP contribution in [0, 0.1) is 0 Å². The van der Waals surface area contributed by atoms with Crippen molar-refractivity contribution in [2.75, 3.05) is 31.6 Å². The standard InChI is InChI=1S/C23H30N6O2/c1-16(2)29-15-25-21-20(26-23(27-22(21)29)28-11-4-5-12-28)17-8-6-9-18(14-17)31-13-7-10-19(30)24-3/h6,8-9,14-16H,4-5,7,10-13H2,1-3H3,(H,24,30). The van der Waals surface area contributed by atoms with Crippen molar-refractivity contribution in [3.63, 3.8) is 0 Å². The molecule has 1 fully saturated rings. The number of carbonyl (C=O) groups is 1. The smallest absolute Gasteiger partial charge is 0.228 e. The summed E-state index contributed by atoms with van der Waals surface area (Å²) in [5.74, 6) is 1.54. The Kier molecular flexibility index (Phi) is 6.34. The third kappa shape index (κ3) is 4.62. The number of amides is 1. The van der Waals surface area contributed by atoms with Gasteiger partial charge in [-0.15, -0.1) is 0 Å².